The van der Waals surface area contributed by atoms with E-state index in [0.29, 0.717) is 5.69 Å². The number of nitrogens with zero attached hydrogens (tertiary/aromatic N) is 1. The summed E-state index contributed by atoms with van der Waals surface area (Å²) in [5, 5.41) is 3.41. The summed E-state index contributed by atoms with van der Waals surface area (Å²) in [6.07, 6.45) is 4.39. The third-order valence-electron chi connectivity index (χ3n) is 3.19. The fourth-order valence-electron chi connectivity index (χ4n) is 2.29. The number of aromatic nitrogens is 1. The zero-order chi connectivity index (χ0) is 14.5. The highest BCUT2D eigenvalue weighted by Gasteiger charge is 2.17. The van der Waals surface area contributed by atoms with E-state index in [4.69, 9.17) is 5.73 Å². The summed E-state index contributed by atoms with van der Waals surface area (Å²) in [5.74, 6) is -0.231. The number of nitrogens with two attached hydrogens (primary N) is 1. The molecule has 3 N–H and O–H groups in total. The highest BCUT2D eigenvalue weighted by molar-refractivity contribution is 5.50. The molecule has 2 rings (SSSR count). The van der Waals surface area contributed by atoms with E-state index in [9.17, 15) is 4.39 Å². The van der Waals surface area contributed by atoms with Crippen molar-refractivity contribution in [3.63, 3.8) is 0 Å². The molecule has 4 heteroatoms. The number of halogens is 1. The van der Waals surface area contributed by atoms with Crippen molar-refractivity contribution in [1.82, 2.24) is 10.3 Å². The molecule has 1 heterocycles. The Labute approximate surface area is 119 Å². The van der Waals surface area contributed by atoms with Gasteiger partial charge in [0.25, 0.3) is 0 Å². The molecule has 1 unspecified atom stereocenters. The Bertz CT molecular complexity index is 563. The molecule has 0 bridgehead atoms. The number of benzene rings is 1. The molecule has 0 aliphatic heterocycles. The maximum absolute atomic E-state index is 13.7. The molecule has 1 aromatic heterocycles. The first kappa shape index (κ1) is 14.5. The van der Waals surface area contributed by atoms with Crippen LogP contribution in [0, 0.1) is 12.7 Å². The van der Waals surface area contributed by atoms with Gasteiger partial charge < -0.3 is 11.1 Å². The molecular weight excluding hydrogens is 253 g/mol. The normalized spacial score (nSPS) is 12.3. The van der Waals surface area contributed by atoms with Gasteiger partial charge in [-0.2, -0.15) is 0 Å². The van der Waals surface area contributed by atoms with Gasteiger partial charge in [-0.1, -0.05) is 13.0 Å². The fraction of sp³-hybridized carbons (Fsp3) is 0.312. The molecule has 0 radical (unpaired) electrons. The van der Waals surface area contributed by atoms with E-state index in [1.54, 1.807) is 24.5 Å². The quantitative estimate of drug-likeness (QED) is 0.879. The molecule has 0 saturated carbocycles. The van der Waals surface area contributed by atoms with Crippen LogP contribution in [0.1, 0.15) is 36.1 Å². The molecule has 1 aromatic carbocycles. The zero-order valence-corrected chi connectivity index (χ0v) is 11.9. The monoisotopic (exact) mass is 273 g/mol. The van der Waals surface area contributed by atoms with Crippen LogP contribution in [0.5, 0.6) is 0 Å². The highest BCUT2D eigenvalue weighted by Crippen LogP contribution is 2.27. The third kappa shape index (κ3) is 3.33. The molecule has 0 saturated heterocycles. The second-order valence-corrected chi connectivity index (χ2v) is 4.95. The molecule has 2 aromatic rings. The summed E-state index contributed by atoms with van der Waals surface area (Å²) in [6.45, 7) is 4.80. The van der Waals surface area contributed by atoms with E-state index in [1.165, 1.54) is 6.07 Å². The molecule has 1 atom stereocenters. The Balaban J connectivity index is 2.44. The SMILES string of the molecule is CCCNC(c1cc(C)cc(F)c1)c1cnccc1N. The van der Waals surface area contributed by atoms with E-state index in [1.807, 2.05) is 13.0 Å². The lowest BCUT2D eigenvalue weighted by molar-refractivity contribution is 0.584. The van der Waals surface area contributed by atoms with Gasteiger partial charge in [-0.15, -0.1) is 0 Å². The van der Waals surface area contributed by atoms with Crippen LogP contribution in [0.15, 0.2) is 36.7 Å². The first-order chi connectivity index (χ1) is 9.61. The molecule has 0 spiro atoms. The second-order valence-electron chi connectivity index (χ2n) is 4.95. The molecule has 0 aliphatic carbocycles. The summed E-state index contributed by atoms with van der Waals surface area (Å²) in [6, 6.07) is 6.67. The molecule has 20 heavy (non-hydrogen) atoms. The average molecular weight is 273 g/mol. The number of anilines is 1. The number of aryl methyl sites for hydroxylation is 1. The first-order valence-electron chi connectivity index (χ1n) is 6.81. The van der Waals surface area contributed by atoms with E-state index in [0.717, 1.165) is 29.7 Å². The third-order valence-corrected chi connectivity index (χ3v) is 3.19. The average Bonchev–Trinajstić information content (AvgIpc) is 2.40. The molecular formula is C16H20FN3. The summed E-state index contributed by atoms with van der Waals surface area (Å²) in [5.41, 5.74) is 9.34. The Kier molecular flexibility index (Phi) is 4.69. The summed E-state index contributed by atoms with van der Waals surface area (Å²) < 4.78 is 13.7. The molecule has 0 amide bonds. The van der Waals surface area contributed by atoms with Crippen molar-refractivity contribution in [2.75, 3.05) is 12.3 Å². The van der Waals surface area contributed by atoms with E-state index < -0.39 is 0 Å². The van der Waals surface area contributed by atoms with Crippen molar-refractivity contribution in [3.05, 3.63) is 59.2 Å². The second kappa shape index (κ2) is 6.48. The van der Waals surface area contributed by atoms with Crippen LogP contribution >= 0.6 is 0 Å². The van der Waals surface area contributed by atoms with Crippen LogP contribution < -0.4 is 11.1 Å². The predicted molar refractivity (Wildman–Crippen MR) is 79.9 cm³/mol. The van der Waals surface area contributed by atoms with E-state index in [-0.39, 0.29) is 11.9 Å². The van der Waals surface area contributed by atoms with Gasteiger partial charge in [0.1, 0.15) is 5.82 Å². The first-order valence-corrected chi connectivity index (χ1v) is 6.81. The Hall–Kier alpha value is -1.94. The minimum atomic E-state index is -0.231. The summed E-state index contributed by atoms with van der Waals surface area (Å²) in [7, 11) is 0. The van der Waals surface area contributed by atoms with Crippen LogP contribution in [-0.2, 0) is 0 Å². The largest absolute Gasteiger partial charge is 0.398 e. The zero-order valence-electron chi connectivity index (χ0n) is 11.9. The van der Waals surface area contributed by atoms with Gasteiger partial charge in [0.05, 0.1) is 6.04 Å². The molecule has 0 fully saturated rings. The van der Waals surface area contributed by atoms with Crippen molar-refractivity contribution in [3.8, 4) is 0 Å². The number of rotatable bonds is 5. The number of hydrogen-bond donors (Lipinski definition) is 2. The predicted octanol–water partition coefficient (Wildman–Crippen LogP) is 3.20. The lowest BCUT2D eigenvalue weighted by atomic mass is 9.97. The van der Waals surface area contributed by atoms with Crippen molar-refractivity contribution in [2.24, 2.45) is 0 Å². The summed E-state index contributed by atoms with van der Waals surface area (Å²) >= 11 is 0. The standard InChI is InChI=1S/C16H20FN3/c1-3-5-20-16(14-10-19-6-4-15(14)18)12-7-11(2)8-13(17)9-12/h4,6-10,16,20H,3,5H2,1-2H3,(H2,18,19). The molecule has 106 valence electrons. The van der Waals surface area contributed by atoms with Gasteiger partial charge in [-0.25, -0.2) is 4.39 Å². The Morgan fingerprint density at radius 3 is 2.80 bits per heavy atom. The van der Waals surface area contributed by atoms with Gasteiger partial charge in [0, 0.05) is 23.6 Å². The smallest absolute Gasteiger partial charge is 0.123 e. The van der Waals surface area contributed by atoms with Crippen molar-refractivity contribution >= 4 is 5.69 Å². The van der Waals surface area contributed by atoms with Gasteiger partial charge in [-0.05, 0) is 49.2 Å². The highest BCUT2D eigenvalue weighted by atomic mass is 19.1. The maximum atomic E-state index is 13.7. The van der Waals surface area contributed by atoms with Gasteiger partial charge in [0.2, 0.25) is 0 Å². The van der Waals surface area contributed by atoms with Crippen molar-refractivity contribution < 1.29 is 4.39 Å². The van der Waals surface area contributed by atoms with Crippen LogP contribution in [0.25, 0.3) is 0 Å². The van der Waals surface area contributed by atoms with E-state index >= 15 is 0 Å². The number of nitrogens with one attached hydrogen (secondary N) is 1. The minimum absolute atomic E-state index is 0.141. The van der Waals surface area contributed by atoms with Gasteiger partial charge in [-0.3, -0.25) is 4.98 Å². The van der Waals surface area contributed by atoms with Crippen LogP contribution in [0.3, 0.4) is 0 Å². The molecule has 0 aliphatic rings. The van der Waals surface area contributed by atoms with E-state index in [2.05, 4.69) is 17.2 Å². The van der Waals surface area contributed by atoms with Crippen LogP contribution in [0.4, 0.5) is 10.1 Å². The summed E-state index contributed by atoms with van der Waals surface area (Å²) in [4.78, 5) is 4.13. The van der Waals surface area contributed by atoms with Crippen molar-refractivity contribution in [2.45, 2.75) is 26.3 Å². The number of pyridine rings is 1. The fourth-order valence-corrected chi connectivity index (χ4v) is 2.29. The molecule has 3 nitrogen and oxygen atoms in total. The Morgan fingerprint density at radius 2 is 2.15 bits per heavy atom. The van der Waals surface area contributed by atoms with Gasteiger partial charge >= 0.3 is 0 Å². The van der Waals surface area contributed by atoms with Gasteiger partial charge in [0.15, 0.2) is 0 Å². The number of nitrogen functional groups attached to an aromatic ring is 1. The number of hydrogen-bond acceptors (Lipinski definition) is 3. The van der Waals surface area contributed by atoms with Crippen LogP contribution in [0.2, 0.25) is 0 Å². The lowest BCUT2D eigenvalue weighted by Gasteiger charge is -2.21. The Morgan fingerprint density at radius 1 is 1.35 bits per heavy atom. The maximum Gasteiger partial charge on any atom is 0.123 e. The topological polar surface area (TPSA) is 50.9 Å². The van der Waals surface area contributed by atoms with Crippen LogP contribution in [-0.4, -0.2) is 11.5 Å². The lowest BCUT2D eigenvalue weighted by Crippen LogP contribution is -2.24. The minimum Gasteiger partial charge on any atom is -0.398 e. The van der Waals surface area contributed by atoms with Crippen molar-refractivity contribution in [1.29, 1.82) is 0 Å².